The Morgan fingerprint density at radius 2 is 2.00 bits per heavy atom. The molecule has 0 saturated carbocycles. The third-order valence-electron chi connectivity index (χ3n) is 2.60. The van der Waals surface area contributed by atoms with Crippen LogP contribution in [-0.2, 0) is 6.42 Å². The van der Waals surface area contributed by atoms with Crippen molar-refractivity contribution in [1.82, 2.24) is 5.16 Å². The predicted molar refractivity (Wildman–Crippen MR) is 79.5 cm³/mol. The molecule has 0 radical (unpaired) electrons. The standard InChI is InChI=1S/C14H14Cl2N2O2/c1-8(2)6-9-7-12(18-20-9)14(19)17-13-10(15)4-3-5-11(13)16/h3-5,7-8H,6H2,1-2H3,(H,17,19). The number of halogens is 2. The van der Waals surface area contributed by atoms with Crippen molar-refractivity contribution in [1.29, 1.82) is 0 Å². The molecule has 0 spiro atoms. The van der Waals surface area contributed by atoms with E-state index in [0.717, 1.165) is 6.42 Å². The maximum Gasteiger partial charge on any atom is 0.277 e. The molecule has 2 rings (SSSR count). The van der Waals surface area contributed by atoms with Gasteiger partial charge in [-0.05, 0) is 18.1 Å². The third-order valence-corrected chi connectivity index (χ3v) is 3.23. The summed E-state index contributed by atoms with van der Waals surface area (Å²) >= 11 is 12.0. The lowest BCUT2D eigenvalue weighted by Gasteiger charge is -2.07. The maximum atomic E-state index is 12.1. The molecule has 2 aromatic rings. The molecule has 0 unspecified atom stereocenters. The van der Waals surface area contributed by atoms with Crippen LogP contribution in [0.15, 0.2) is 28.8 Å². The summed E-state index contributed by atoms with van der Waals surface area (Å²) in [5, 5.41) is 7.13. The average molecular weight is 313 g/mol. The Labute approximate surface area is 127 Å². The Morgan fingerprint density at radius 1 is 1.35 bits per heavy atom. The van der Waals surface area contributed by atoms with E-state index < -0.39 is 5.91 Å². The molecule has 1 aromatic heterocycles. The zero-order chi connectivity index (χ0) is 14.7. The minimum atomic E-state index is -0.404. The molecule has 0 fully saturated rings. The number of amides is 1. The zero-order valence-corrected chi connectivity index (χ0v) is 12.6. The highest BCUT2D eigenvalue weighted by atomic mass is 35.5. The Morgan fingerprint density at radius 3 is 2.60 bits per heavy atom. The maximum absolute atomic E-state index is 12.1. The van der Waals surface area contributed by atoms with Crippen LogP contribution >= 0.6 is 23.2 Å². The average Bonchev–Trinajstić information content (AvgIpc) is 2.81. The summed E-state index contributed by atoms with van der Waals surface area (Å²) in [6.45, 7) is 4.12. The van der Waals surface area contributed by atoms with Gasteiger partial charge in [0, 0.05) is 12.5 Å². The Kier molecular flexibility index (Phi) is 4.68. The topological polar surface area (TPSA) is 55.1 Å². The second-order valence-electron chi connectivity index (χ2n) is 4.83. The highest BCUT2D eigenvalue weighted by molar-refractivity contribution is 6.39. The number of hydrogen-bond acceptors (Lipinski definition) is 3. The molecule has 106 valence electrons. The summed E-state index contributed by atoms with van der Waals surface area (Å²) in [7, 11) is 0. The first-order valence-corrected chi connectivity index (χ1v) is 6.94. The van der Waals surface area contributed by atoms with E-state index in [1.165, 1.54) is 0 Å². The van der Waals surface area contributed by atoms with Crippen LogP contribution < -0.4 is 5.32 Å². The Balaban J connectivity index is 2.14. The fraction of sp³-hybridized carbons (Fsp3) is 0.286. The van der Waals surface area contributed by atoms with Crippen molar-refractivity contribution in [2.24, 2.45) is 5.92 Å². The lowest BCUT2D eigenvalue weighted by atomic mass is 10.1. The van der Waals surface area contributed by atoms with Crippen LogP contribution in [0.25, 0.3) is 0 Å². The number of nitrogens with zero attached hydrogens (tertiary/aromatic N) is 1. The molecule has 1 N–H and O–H groups in total. The summed E-state index contributed by atoms with van der Waals surface area (Å²) < 4.78 is 5.12. The molecule has 0 atom stereocenters. The number of anilines is 1. The van der Waals surface area contributed by atoms with Gasteiger partial charge >= 0.3 is 0 Å². The summed E-state index contributed by atoms with van der Waals surface area (Å²) in [6.07, 6.45) is 0.729. The van der Waals surface area contributed by atoms with Crippen molar-refractivity contribution in [3.8, 4) is 0 Å². The largest absolute Gasteiger partial charge is 0.361 e. The van der Waals surface area contributed by atoms with Crippen LogP contribution in [0.1, 0.15) is 30.1 Å². The molecule has 1 amide bonds. The number of carbonyl (C=O) groups is 1. The van der Waals surface area contributed by atoms with Crippen LogP contribution in [0, 0.1) is 5.92 Å². The van der Waals surface area contributed by atoms with Gasteiger partial charge in [0.2, 0.25) is 0 Å². The van der Waals surface area contributed by atoms with Gasteiger partial charge in [-0.15, -0.1) is 0 Å². The first-order valence-electron chi connectivity index (χ1n) is 6.18. The zero-order valence-electron chi connectivity index (χ0n) is 11.1. The quantitative estimate of drug-likeness (QED) is 0.908. The molecular formula is C14H14Cl2N2O2. The fourth-order valence-corrected chi connectivity index (χ4v) is 2.21. The van der Waals surface area contributed by atoms with E-state index in [-0.39, 0.29) is 5.69 Å². The van der Waals surface area contributed by atoms with Crippen LogP contribution in [0.5, 0.6) is 0 Å². The van der Waals surface area contributed by atoms with Gasteiger partial charge < -0.3 is 9.84 Å². The molecule has 0 aliphatic heterocycles. The first-order chi connectivity index (χ1) is 9.47. The normalized spacial score (nSPS) is 10.8. The van der Waals surface area contributed by atoms with E-state index in [2.05, 4.69) is 24.3 Å². The first kappa shape index (κ1) is 14.9. The molecule has 20 heavy (non-hydrogen) atoms. The number of para-hydroxylation sites is 1. The van der Waals surface area contributed by atoms with Crippen molar-refractivity contribution in [3.05, 3.63) is 45.8 Å². The molecule has 0 bridgehead atoms. The van der Waals surface area contributed by atoms with Gasteiger partial charge in [0.15, 0.2) is 5.69 Å². The van der Waals surface area contributed by atoms with Crippen LogP contribution in [0.2, 0.25) is 10.0 Å². The van der Waals surface area contributed by atoms with Crippen LogP contribution in [0.4, 0.5) is 5.69 Å². The van der Waals surface area contributed by atoms with E-state index in [0.29, 0.717) is 27.4 Å². The van der Waals surface area contributed by atoms with E-state index in [1.807, 2.05) is 0 Å². The van der Waals surface area contributed by atoms with Gasteiger partial charge in [0.25, 0.3) is 5.91 Å². The van der Waals surface area contributed by atoms with E-state index in [1.54, 1.807) is 24.3 Å². The summed E-state index contributed by atoms with van der Waals surface area (Å²) in [5.41, 5.74) is 0.575. The summed E-state index contributed by atoms with van der Waals surface area (Å²) in [5.74, 6) is 0.700. The molecule has 4 nitrogen and oxygen atoms in total. The van der Waals surface area contributed by atoms with Crippen LogP contribution in [-0.4, -0.2) is 11.1 Å². The molecule has 6 heteroatoms. The monoisotopic (exact) mass is 312 g/mol. The number of benzene rings is 1. The lowest BCUT2D eigenvalue weighted by molar-refractivity contribution is 0.101. The molecule has 0 aliphatic carbocycles. The van der Waals surface area contributed by atoms with Crippen molar-refractivity contribution in [2.45, 2.75) is 20.3 Å². The Bertz CT molecular complexity index is 603. The SMILES string of the molecule is CC(C)Cc1cc(C(=O)Nc2c(Cl)cccc2Cl)no1. The lowest BCUT2D eigenvalue weighted by Crippen LogP contribution is -2.12. The minimum Gasteiger partial charge on any atom is -0.361 e. The highest BCUT2D eigenvalue weighted by Gasteiger charge is 2.16. The number of nitrogens with one attached hydrogen (secondary N) is 1. The molecule has 0 aliphatic rings. The Hall–Kier alpha value is -1.52. The molecule has 1 heterocycles. The van der Waals surface area contributed by atoms with Crippen molar-refractivity contribution in [3.63, 3.8) is 0 Å². The number of carbonyl (C=O) groups excluding carboxylic acids is 1. The van der Waals surface area contributed by atoms with Crippen molar-refractivity contribution in [2.75, 3.05) is 5.32 Å². The van der Waals surface area contributed by atoms with E-state index >= 15 is 0 Å². The van der Waals surface area contributed by atoms with Gasteiger partial charge in [-0.2, -0.15) is 0 Å². The highest BCUT2D eigenvalue weighted by Crippen LogP contribution is 2.30. The number of rotatable bonds is 4. The van der Waals surface area contributed by atoms with Crippen molar-refractivity contribution >= 4 is 34.8 Å². The number of aromatic nitrogens is 1. The van der Waals surface area contributed by atoms with Gasteiger partial charge in [-0.1, -0.05) is 48.3 Å². The second kappa shape index (κ2) is 6.29. The van der Waals surface area contributed by atoms with Crippen molar-refractivity contribution < 1.29 is 9.32 Å². The van der Waals surface area contributed by atoms with Gasteiger partial charge in [0.1, 0.15) is 5.76 Å². The predicted octanol–water partition coefficient (Wildman–Crippen LogP) is 4.43. The van der Waals surface area contributed by atoms with Gasteiger partial charge in [-0.3, -0.25) is 4.79 Å². The number of hydrogen-bond donors (Lipinski definition) is 1. The van der Waals surface area contributed by atoms with Gasteiger partial charge in [0.05, 0.1) is 15.7 Å². The van der Waals surface area contributed by atoms with Crippen LogP contribution in [0.3, 0.4) is 0 Å². The second-order valence-corrected chi connectivity index (χ2v) is 5.64. The summed E-state index contributed by atoms with van der Waals surface area (Å²) in [4.78, 5) is 12.1. The molecular weight excluding hydrogens is 299 g/mol. The minimum absolute atomic E-state index is 0.205. The molecule has 1 aromatic carbocycles. The molecule has 0 saturated heterocycles. The van der Waals surface area contributed by atoms with E-state index in [4.69, 9.17) is 27.7 Å². The summed E-state index contributed by atoms with van der Waals surface area (Å²) in [6, 6.07) is 6.63. The fourth-order valence-electron chi connectivity index (χ4n) is 1.71. The van der Waals surface area contributed by atoms with E-state index in [9.17, 15) is 4.79 Å². The third kappa shape index (κ3) is 3.52. The van der Waals surface area contributed by atoms with Gasteiger partial charge in [-0.25, -0.2) is 0 Å². The smallest absolute Gasteiger partial charge is 0.277 e.